The highest BCUT2D eigenvalue weighted by Crippen LogP contribution is 2.12. The fraction of sp³-hybridized carbons (Fsp3) is 0.529. The third-order valence-electron chi connectivity index (χ3n) is 3.88. The average molecular weight is 356 g/mol. The number of ether oxygens (including phenoxy) is 1. The number of morpholine rings is 1. The van der Waals surface area contributed by atoms with Crippen molar-refractivity contribution < 1.29 is 14.3 Å². The lowest BCUT2D eigenvalue weighted by Crippen LogP contribution is -2.41. The predicted molar refractivity (Wildman–Crippen MR) is 96.3 cm³/mol. The maximum absolute atomic E-state index is 12.2. The Balaban J connectivity index is 0.00000288. The van der Waals surface area contributed by atoms with E-state index in [1.54, 1.807) is 12.1 Å². The van der Waals surface area contributed by atoms with E-state index >= 15 is 0 Å². The van der Waals surface area contributed by atoms with Gasteiger partial charge in [-0.1, -0.05) is 25.5 Å². The monoisotopic (exact) mass is 355 g/mol. The van der Waals surface area contributed by atoms with E-state index < -0.39 is 6.04 Å². The minimum Gasteiger partial charge on any atom is -0.378 e. The Hall–Kier alpha value is -1.63. The summed E-state index contributed by atoms with van der Waals surface area (Å²) >= 11 is 0. The van der Waals surface area contributed by atoms with E-state index in [2.05, 4.69) is 5.32 Å². The van der Waals surface area contributed by atoms with Gasteiger partial charge in [-0.3, -0.25) is 9.59 Å². The van der Waals surface area contributed by atoms with Gasteiger partial charge < -0.3 is 20.7 Å². The second-order valence-electron chi connectivity index (χ2n) is 5.75. The van der Waals surface area contributed by atoms with Crippen molar-refractivity contribution in [3.63, 3.8) is 0 Å². The molecule has 1 saturated heterocycles. The van der Waals surface area contributed by atoms with E-state index in [-0.39, 0.29) is 24.2 Å². The molecular formula is C17H26ClN3O3. The lowest BCUT2D eigenvalue weighted by Gasteiger charge is -2.26. The maximum atomic E-state index is 12.2. The summed E-state index contributed by atoms with van der Waals surface area (Å²) in [6.45, 7) is 4.52. The minimum atomic E-state index is -0.484. The van der Waals surface area contributed by atoms with Crippen molar-refractivity contribution >= 4 is 29.9 Å². The Morgan fingerprint density at radius 1 is 1.25 bits per heavy atom. The zero-order valence-corrected chi connectivity index (χ0v) is 14.8. The van der Waals surface area contributed by atoms with Crippen molar-refractivity contribution in [1.82, 2.24) is 4.90 Å². The van der Waals surface area contributed by atoms with E-state index in [0.29, 0.717) is 44.8 Å². The van der Waals surface area contributed by atoms with Crippen LogP contribution in [0.25, 0.3) is 0 Å². The van der Waals surface area contributed by atoms with E-state index in [1.165, 1.54) is 0 Å². The van der Waals surface area contributed by atoms with E-state index in [1.807, 2.05) is 24.0 Å². The van der Waals surface area contributed by atoms with Crippen molar-refractivity contribution in [2.24, 2.45) is 5.73 Å². The van der Waals surface area contributed by atoms with Crippen molar-refractivity contribution in [3.8, 4) is 0 Å². The molecule has 0 bridgehead atoms. The van der Waals surface area contributed by atoms with Crippen LogP contribution in [0.3, 0.4) is 0 Å². The third-order valence-corrected chi connectivity index (χ3v) is 3.88. The Morgan fingerprint density at radius 2 is 1.88 bits per heavy atom. The van der Waals surface area contributed by atoms with Gasteiger partial charge in [0.25, 0.3) is 0 Å². The van der Waals surface area contributed by atoms with Gasteiger partial charge in [0.2, 0.25) is 11.8 Å². The minimum absolute atomic E-state index is 0. The summed E-state index contributed by atoms with van der Waals surface area (Å²) in [5.74, 6) is -0.0703. The topological polar surface area (TPSA) is 84.7 Å². The lowest BCUT2D eigenvalue weighted by molar-refractivity contribution is -0.134. The lowest BCUT2D eigenvalue weighted by atomic mass is 10.1. The summed E-state index contributed by atoms with van der Waals surface area (Å²) in [4.78, 5) is 25.9. The Labute approximate surface area is 149 Å². The number of carbonyl (C=O) groups is 2. The van der Waals surface area contributed by atoms with Crippen LogP contribution in [0.1, 0.15) is 25.3 Å². The van der Waals surface area contributed by atoms with Crippen molar-refractivity contribution in [2.45, 2.75) is 32.2 Å². The summed E-state index contributed by atoms with van der Waals surface area (Å²) in [6.07, 6.45) is 1.90. The number of nitrogens with one attached hydrogen (secondary N) is 1. The number of carbonyl (C=O) groups excluding carboxylic acids is 2. The molecule has 0 aliphatic carbocycles. The Bertz CT molecular complexity index is 530. The van der Waals surface area contributed by atoms with Gasteiger partial charge >= 0.3 is 0 Å². The molecule has 2 amide bonds. The number of halogens is 1. The zero-order valence-electron chi connectivity index (χ0n) is 14.0. The quantitative estimate of drug-likeness (QED) is 0.811. The highest BCUT2D eigenvalue weighted by atomic mass is 35.5. The summed E-state index contributed by atoms with van der Waals surface area (Å²) in [7, 11) is 0. The Kier molecular flexibility index (Phi) is 8.74. The first-order valence-corrected chi connectivity index (χ1v) is 8.11. The molecule has 1 heterocycles. The molecule has 0 aromatic heterocycles. The fourth-order valence-electron chi connectivity index (χ4n) is 2.48. The number of anilines is 1. The van der Waals surface area contributed by atoms with Crippen molar-refractivity contribution in [2.75, 3.05) is 31.6 Å². The summed E-state index contributed by atoms with van der Waals surface area (Å²) in [6, 6.07) is 6.85. The van der Waals surface area contributed by atoms with E-state index in [0.717, 1.165) is 12.0 Å². The molecule has 2 rings (SSSR count). The summed E-state index contributed by atoms with van der Waals surface area (Å²) in [5, 5.41) is 2.79. The van der Waals surface area contributed by atoms with Gasteiger partial charge in [0.15, 0.2) is 0 Å². The molecule has 1 aliphatic rings. The molecule has 1 aromatic carbocycles. The molecule has 1 unspecified atom stereocenters. The van der Waals surface area contributed by atoms with Crippen LogP contribution < -0.4 is 11.1 Å². The fourth-order valence-corrected chi connectivity index (χ4v) is 2.48. The first-order valence-electron chi connectivity index (χ1n) is 8.11. The van der Waals surface area contributed by atoms with Crippen LogP contribution >= 0.6 is 12.4 Å². The predicted octanol–water partition coefficient (Wildman–Crippen LogP) is 1.58. The van der Waals surface area contributed by atoms with Crippen LogP contribution in [0.15, 0.2) is 24.3 Å². The molecule has 3 N–H and O–H groups in total. The zero-order chi connectivity index (χ0) is 16.7. The normalized spacial score (nSPS) is 15.3. The molecule has 0 saturated carbocycles. The number of nitrogens with zero attached hydrogens (tertiary/aromatic N) is 1. The number of rotatable bonds is 6. The largest absolute Gasteiger partial charge is 0.378 e. The first-order chi connectivity index (χ1) is 11.1. The highest BCUT2D eigenvalue weighted by molar-refractivity contribution is 5.94. The van der Waals surface area contributed by atoms with Crippen molar-refractivity contribution in [1.29, 1.82) is 0 Å². The molecule has 1 aromatic rings. The number of benzene rings is 1. The van der Waals surface area contributed by atoms with Crippen LogP contribution in [-0.2, 0) is 20.7 Å². The molecular weight excluding hydrogens is 330 g/mol. The van der Waals surface area contributed by atoms with Crippen LogP contribution in [0.2, 0.25) is 0 Å². The molecule has 24 heavy (non-hydrogen) atoms. The molecule has 1 atom stereocenters. The second kappa shape index (κ2) is 10.3. The summed E-state index contributed by atoms with van der Waals surface area (Å²) < 4.78 is 5.25. The molecule has 0 radical (unpaired) electrons. The van der Waals surface area contributed by atoms with Gasteiger partial charge in [-0.2, -0.15) is 0 Å². The van der Waals surface area contributed by atoms with Gasteiger partial charge in [-0.15, -0.1) is 12.4 Å². The third kappa shape index (κ3) is 6.11. The van der Waals surface area contributed by atoms with Crippen LogP contribution in [-0.4, -0.2) is 49.1 Å². The highest BCUT2D eigenvalue weighted by Gasteiger charge is 2.17. The van der Waals surface area contributed by atoms with Gasteiger partial charge in [0.1, 0.15) is 0 Å². The molecule has 0 spiro atoms. The maximum Gasteiger partial charge on any atom is 0.241 e. The molecule has 134 valence electrons. The first kappa shape index (κ1) is 20.4. The van der Waals surface area contributed by atoms with Gasteiger partial charge in [-0.25, -0.2) is 0 Å². The molecule has 6 nitrogen and oxygen atoms in total. The number of hydrogen-bond donors (Lipinski definition) is 2. The van der Waals surface area contributed by atoms with Crippen LogP contribution in [0.5, 0.6) is 0 Å². The van der Waals surface area contributed by atoms with Gasteiger partial charge in [0.05, 0.1) is 25.7 Å². The summed E-state index contributed by atoms with van der Waals surface area (Å²) in [5.41, 5.74) is 7.41. The van der Waals surface area contributed by atoms with E-state index in [9.17, 15) is 9.59 Å². The van der Waals surface area contributed by atoms with Crippen molar-refractivity contribution in [3.05, 3.63) is 29.8 Å². The number of nitrogens with two attached hydrogens (primary N) is 1. The molecule has 7 heteroatoms. The number of amides is 2. The van der Waals surface area contributed by atoms with Crippen LogP contribution in [0.4, 0.5) is 5.69 Å². The smallest absolute Gasteiger partial charge is 0.241 e. The average Bonchev–Trinajstić information content (AvgIpc) is 2.57. The van der Waals surface area contributed by atoms with Crippen LogP contribution in [0, 0.1) is 0 Å². The second-order valence-corrected chi connectivity index (χ2v) is 5.75. The molecule has 1 aliphatic heterocycles. The van der Waals surface area contributed by atoms with Gasteiger partial charge in [0, 0.05) is 18.8 Å². The number of hydrogen-bond acceptors (Lipinski definition) is 4. The SMILES string of the molecule is CCCC(N)C(=O)Nc1ccc(CC(=O)N2CCOCC2)cc1.Cl. The standard InChI is InChI=1S/C17H25N3O3.ClH/c1-2-3-15(18)17(22)19-14-6-4-13(5-7-14)12-16(21)20-8-10-23-11-9-20;/h4-7,15H,2-3,8-12,18H2,1H3,(H,19,22);1H. The van der Waals surface area contributed by atoms with Gasteiger partial charge in [-0.05, 0) is 24.1 Å². The molecule has 1 fully saturated rings. The van der Waals surface area contributed by atoms with E-state index in [4.69, 9.17) is 10.5 Å². The Morgan fingerprint density at radius 3 is 2.46 bits per heavy atom.